The normalized spacial score (nSPS) is 23.1. The molecule has 0 aliphatic carbocycles. The number of likely N-dealkylation sites (N-methyl/N-ethyl adjacent to an activating group) is 1. The Morgan fingerprint density at radius 1 is 1.14 bits per heavy atom. The van der Waals surface area contributed by atoms with Crippen molar-refractivity contribution < 1.29 is 27.2 Å². The topological polar surface area (TPSA) is 68.8 Å². The number of alkyl halides is 3. The zero-order valence-electron chi connectivity index (χ0n) is 20.7. The molecule has 1 aromatic carbocycles. The minimum absolute atomic E-state index is 0.0479. The molecule has 2 atom stereocenters. The number of aryl methyl sites for hydroxylation is 1. The quantitative estimate of drug-likeness (QED) is 0.626. The van der Waals surface area contributed by atoms with Crippen LogP contribution in [0.5, 0.6) is 0 Å². The molecule has 3 aliphatic rings. The Bertz CT molecular complexity index is 1210. The van der Waals surface area contributed by atoms with Gasteiger partial charge in [0.15, 0.2) is 0 Å². The van der Waals surface area contributed by atoms with Gasteiger partial charge in [-0.1, -0.05) is 6.07 Å². The summed E-state index contributed by atoms with van der Waals surface area (Å²) in [6.45, 7) is 3.92. The van der Waals surface area contributed by atoms with E-state index < -0.39 is 41.3 Å². The van der Waals surface area contributed by atoms with Crippen LogP contribution in [0.4, 0.5) is 34.8 Å². The number of piperidine rings is 1. The molecule has 11 heteroatoms. The first-order valence-corrected chi connectivity index (χ1v) is 12.4. The molecule has 2 amide bonds. The molecule has 0 unspecified atom stereocenters. The number of hydrogen-bond acceptors (Lipinski definition) is 5. The van der Waals surface area contributed by atoms with Gasteiger partial charge in [-0.25, -0.2) is 9.37 Å². The van der Waals surface area contributed by atoms with Crippen LogP contribution in [0.3, 0.4) is 0 Å². The molecule has 3 aliphatic heterocycles. The standard InChI is InChI=1S/C26H29F4N5O2/c1-15-10-18(26(28,29)30)12-21(32-15)35-22(36)11-17-14-34(13-16-6-8-31-9-7-16)24-19(27)4-3-5-20(24)33(2)25(37)23(17)35/h3-5,10,12,16-17,23,31H,6-9,11,13-14H2,1-2H3/t17-,23+/m1/s1. The van der Waals surface area contributed by atoms with Crippen molar-refractivity contribution in [2.45, 2.75) is 38.4 Å². The number of anilines is 3. The van der Waals surface area contributed by atoms with Crippen LogP contribution in [0.25, 0.3) is 0 Å². The molecule has 2 saturated heterocycles. The summed E-state index contributed by atoms with van der Waals surface area (Å²) in [7, 11) is 1.51. The molecule has 198 valence electrons. The Balaban J connectivity index is 1.58. The molecule has 1 aromatic heterocycles. The third-order valence-electron chi connectivity index (χ3n) is 7.56. The van der Waals surface area contributed by atoms with Gasteiger partial charge in [0.2, 0.25) is 11.8 Å². The maximum atomic E-state index is 15.3. The van der Waals surface area contributed by atoms with E-state index in [9.17, 15) is 22.8 Å². The van der Waals surface area contributed by atoms with Crippen LogP contribution in [0, 0.1) is 24.6 Å². The van der Waals surface area contributed by atoms with Gasteiger partial charge in [-0.2, -0.15) is 13.2 Å². The molecular weight excluding hydrogens is 490 g/mol. The van der Waals surface area contributed by atoms with Crippen LogP contribution < -0.4 is 20.0 Å². The third kappa shape index (κ3) is 4.76. The number of fused-ring (bicyclic) bond motifs is 2. The zero-order chi connectivity index (χ0) is 26.5. The van der Waals surface area contributed by atoms with Crippen molar-refractivity contribution in [3.63, 3.8) is 0 Å². The van der Waals surface area contributed by atoms with E-state index in [0.29, 0.717) is 23.8 Å². The van der Waals surface area contributed by atoms with Crippen LogP contribution in [0.15, 0.2) is 30.3 Å². The van der Waals surface area contributed by atoms with Crippen molar-refractivity contribution in [2.75, 3.05) is 47.9 Å². The number of benzene rings is 1. The van der Waals surface area contributed by atoms with Crippen molar-refractivity contribution in [2.24, 2.45) is 11.8 Å². The molecule has 0 radical (unpaired) electrons. The molecule has 0 spiro atoms. The van der Waals surface area contributed by atoms with E-state index in [4.69, 9.17) is 0 Å². The maximum Gasteiger partial charge on any atom is 0.416 e. The average Bonchev–Trinajstić information content (AvgIpc) is 3.17. The van der Waals surface area contributed by atoms with Crippen LogP contribution >= 0.6 is 0 Å². The predicted molar refractivity (Wildman–Crippen MR) is 131 cm³/mol. The van der Waals surface area contributed by atoms with Crippen molar-refractivity contribution in [3.05, 3.63) is 47.4 Å². The average molecular weight is 520 g/mol. The maximum absolute atomic E-state index is 15.3. The molecular formula is C26H29F4N5O2. The van der Waals surface area contributed by atoms with Gasteiger partial charge < -0.3 is 15.1 Å². The molecule has 2 aromatic rings. The Kier molecular flexibility index (Phi) is 6.59. The highest BCUT2D eigenvalue weighted by Crippen LogP contribution is 2.41. The highest BCUT2D eigenvalue weighted by atomic mass is 19.4. The van der Waals surface area contributed by atoms with Gasteiger partial charge in [-0.05, 0) is 63.0 Å². The Morgan fingerprint density at radius 3 is 2.57 bits per heavy atom. The second kappa shape index (κ2) is 9.59. The van der Waals surface area contributed by atoms with E-state index in [1.54, 1.807) is 6.07 Å². The second-order valence-electron chi connectivity index (χ2n) is 10.1. The monoisotopic (exact) mass is 519 g/mol. The van der Waals surface area contributed by atoms with Gasteiger partial charge in [0, 0.05) is 38.2 Å². The SMILES string of the molecule is Cc1cc(C(F)(F)F)cc(N2C(=O)C[C@@H]3CN(CC4CCNCC4)c4c(F)cccc4N(C)C(=O)[C@H]32)n1. The fraction of sp³-hybridized carbons (Fsp3) is 0.500. The molecule has 0 saturated carbocycles. The van der Waals surface area contributed by atoms with Gasteiger partial charge in [0.05, 0.1) is 16.9 Å². The van der Waals surface area contributed by atoms with E-state index in [1.807, 2.05) is 4.90 Å². The summed E-state index contributed by atoms with van der Waals surface area (Å²) in [5, 5.41) is 3.32. The number of nitrogens with zero attached hydrogens (tertiary/aromatic N) is 4. The second-order valence-corrected chi connectivity index (χ2v) is 10.1. The minimum atomic E-state index is -4.63. The molecule has 5 rings (SSSR count). The van der Waals surface area contributed by atoms with Gasteiger partial charge in [0.1, 0.15) is 17.7 Å². The van der Waals surface area contributed by atoms with Gasteiger partial charge in [0.25, 0.3) is 0 Å². The lowest BCUT2D eigenvalue weighted by atomic mass is 9.93. The van der Waals surface area contributed by atoms with Crippen molar-refractivity contribution in [3.8, 4) is 0 Å². The number of aromatic nitrogens is 1. The van der Waals surface area contributed by atoms with Crippen molar-refractivity contribution >= 4 is 29.0 Å². The Morgan fingerprint density at radius 2 is 1.86 bits per heavy atom. The molecule has 2 fully saturated rings. The fourth-order valence-electron chi connectivity index (χ4n) is 5.81. The van der Waals surface area contributed by atoms with E-state index in [2.05, 4.69) is 10.3 Å². The number of rotatable bonds is 3. The summed E-state index contributed by atoms with van der Waals surface area (Å²) >= 11 is 0. The molecule has 4 heterocycles. The van der Waals surface area contributed by atoms with Gasteiger partial charge in [-0.15, -0.1) is 0 Å². The summed E-state index contributed by atoms with van der Waals surface area (Å²) in [5.74, 6) is -1.86. The lowest BCUT2D eigenvalue weighted by molar-refractivity contribution is -0.137. The summed E-state index contributed by atoms with van der Waals surface area (Å²) in [5.41, 5.74) is -0.162. The first kappa shape index (κ1) is 25.4. The van der Waals surface area contributed by atoms with Gasteiger partial charge >= 0.3 is 6.18 Å². The van der Waals surface area contributed by atoms with E-state index in [0.717, 1.165) is 43.0 Å². The van der Waals surface area contributed by atoms with Crippen LogP contribution in [0.1, 0.15) is 30.5 Å². The molecule has 1 N–H and O–H groups in total. The largest absolute Gasteiger partial charge is 0.416 e. The predicted octanol–water partition coefficient (Wildman–Crippen LogP) is 3.75. The highest BCUT2D eigenvalue weighted by molar-refractivity contribution is 6.10. The van der Waals surface area contributed by atoms with Crippen LogP contribution in [-0.4, -0.2) is 56.1 Å². The number of carbonyl (C=O) groups excluding carboxylic acids is 2. The van der Waals surface area contributed by atoms with E-state index in [-0.39, 0.29) is 24.5 Å². The van der Waals surface area contributed by atoms with Crippen LogP contribution in [0.2, 0.25) is 0 Å². The first-order valence-electron chi connectivity index (χ1n) is 12.4. The number of halogens is 4. The fourth-order valence-corrected chi connectivity index (χ4v) is 5.81. The Hall–Kier alpha value is -3.21. The smallest absolute Gasteiger partial charge is 0.367 e. The van der Waals surface area contributed by atoms with Crippen LogP contribution in [-0.2, 0) is 15.8 Å². The summed E-state index contributed by atoms with van der Waals surface area (Å²) in [4.78, 5) is 35.6. The highest BCUT2D eigenvalue weighted by Gasteiger charge is 2.49. The zero-order valence-corrected chi connectivity index (χ0v) is 20.7. The molecule has 7 nitrogen and oxygen atoms in total. The third-order valence-corrected chi connectivity index (χ3v) is 7.56. The first-order chi connectivity index (χ1) is 17.5. The Labute approximate surface area is 212 Å². The summed E-state index contributed by atoms with van der Waals surface area (Å²) in [6, 6.07) is 5.20. The number of para-hydroxylation sites is 1. The molecule has 0 bridgehead atoms. The van der Waals surface area contributed by atoms with E-state index >= 15 is 4.39 Å². The van der Waals surface area contributed by atoms with Crippen molar-refractivity contribution in [1.82, 2.24) is 10.3 Å². The minimum Gasteiger partial charge on any atom is -0.367 e. The summed E-state index contributed by atoms with van der Waals surface area (Å²) < 4.78 is 55.9. The number of hydrogen-bond donors (Lipinski definition) is 1. The van der Waals surface area contributed by atoms with Crippen molar-refractivity contribution in [1.29, 1.82) is 0 Å². The number of carbonyl (C=O) groups is 2. The number of nitrogens with one attached hydrogen (secondary N) is 1. The number of pyridine rings is 1. The summed E-state index contributed by atoms with van der Waals surface area (Å²) in [6.07, 6.45) is -2.84. The number of amides is 2. The van der Waals surface area contributed by atoms with E-state index in [1.165, 1.54) is 31.0 Å². The van der Waals surface area contributed by atoms with Gasteiger partial charge in [-0.3, -0.25) is 14.5 Å². The lowest BCUT2D eigenvalue weighted by Crippen LogP contribution is -2.53. The molecule has 37 heavy (non-hydrogen) atoms. The lowest BCUT2D eigenvalue weighted by Gasteiger charge is -2.40.